The number of alkyl halides is 3. The van der Waals surface area contributed by atoms with Crippen molar-refractivity contribution in [3.8, 4) is 0 Å². The molecule has 1 saturated heterocycles. The lowest BCUT2D eigenvalue weighted by molar-refractivity contribution is -0.138. The van der Waals surface area contributed by atoms with Crippen LogP contribution in [0, 0.1) is 0 Å². The average Bonchev–Trinajstić information content (AvgIpc) is 2.90. The number of nitrogens with zero attached hydrogens (tertiary/aromatic N) is 1. The van der Waals surface area contributed by atoms with E-state index in [4.69, 9.17) is 0 Å². The number of thiophene rings is 1. The van der Waals surface area contributed by atoms with Crippen molar-refractivity contribution < 1.29 is 13.2 Å². The van der Waals surface area contributed by atoms with Gasteiger partial charge in [0.25, 0.3) is 0 Å². The normalized spacial score (nSPS) is 18.1. The van der Waals surface area contributed by atoms with Crippen molar-refractivity contribution in [1.82, 2.24) is 10.2 Å². The average molecular weight is 368 g/mol. The maximum Gasteiger partial charge on any atom is 0.416 e. The fourth-order valence-corrected chi connectivity index (χ4v) is 4.49. The molecular weight excluding hydrogens is 345 g/mol. The van der Waals surface area contributed by atoms with E-state index in [-0.39, 0.29) is 6.04 Å². The highest BCUT2D eigenvalue weighted by molar-refractivity contribution is 7.12. The number of hydrogen-bond acceptors (Lipinski definition) is 3. The molecule has 2 nitrogen and oxygen atoms in total. The molecule has 25 heavy (non-hydrogen) atoms. The fourth-order valence-electron chi connectivity index (χ4n) is 3.38. The van der Waals surface area contributed by atoms with Crippen molar-refractivity contribution in [3.05, 3.63) is 57.3 Å². The minimum Gasteiger partial charge on any atom is -0.315 e. The summed E-state index contributed by atoms with van der Waals surface area (Å²) in [5.74, 6) is 0. The lowest BCUT2D eigenvalue weighted by atomic mass is 9.97. The van der Waals surface area contributed by atoms with Gasteiger partial charge in [-0.25, -0.2) is 0 Å². The van der Waals surface area contributed by atoms with Gasteiger partial charge >= 0.3 is 6.18 Å². The summed E-state index contributed by atoms with van der Waals surface area (Å²) in [5, 5.41) is 3.34. The van der Waals surface area contributed by atoms with Crippen LogP contribution < -0.4 is 5.32 Å². The highest BCUT2D eigenvalue weighted by Gasteiger charge is 2.37. The van der Waals surface area contributed by atoms with Gasteiger partial charge in [0.15, 0.2) is 0 Å². The standard InChI is InChI=1S/C19H23F3N2S/c1-2-14-8-9-17(25-14)18(24-12-5-10-23-11-13-24)15-6-3-4-7-16(15)19(20,21)22/h3-4,6-9,18,23H,2,5,10-13H2,1H3. The van der Waals surface area contributed by atoms with Crippen LogP contribution >= 0.6 is 11.3 Å². The number of benzene rings is 1. The summed E-state index contributed by atoms with van der Waals surface area (Å²) in [7, 11) is 0. The van der Waals surface area contributed by atoms with Gasteiger partial charge in [0.05, 0.1) is 11.6 Å². The Bertz CT molecular complexity index is 688. The first-order valence-electron chi connectivity index (χ1n) is 8.70. The second kappa shape index (κ2) is 7.89. The molecule has 0 amide bonds. The third-order valence-corrected chi connectivity index (χ3v) is 5.88. The lowest BCUT2D eigenvalue weighted by Crippen LogP contribution is -2.33. The minimum absolute atomic E-state index is 0.344. The van der Waals surface area contributed by atoms with Crippen LogP contribution in [-0.4, -0.2) is 31.1 Å². The second-order valence-electron chi connectivity index (χ2n) is 6.28. The zero-order valence-electron chi connectivity index (χ0n) is 14.3. The Morgan fingerprint density at radius 3 is 2.64 bits per heavy atom. The van der Waals surface area contributed by atoms with Crippen molar-refractivity contribution in [2.75, 3.05) is 26.2 Å². The van der Waals surface area contributed by atoms with E-state index in [2.05, 4.69) is 17.1 Å². The van der Waals surface area contributed by atoms with Gasteiger partial charge in [-0.05, 0) is 43.1 Å². The summed E-state index contributed by atoms with van der Waals surface area (Å²) >= 11 is 1.63. The molecule has 1 aromatic heterocycles. The smallest absolute Gasteiger partial charge is 0.315 e. The number of halogens is 3. The summed E-state index contributed by atoms with van der Waals surface area (Å²) in [5.41, 5.74) is -0.162. The molecule has 0 aliphatic carbocycles. The molecule has 1 unspecified atom stereocenters. The monoisotopic (exact) mass is 368 g/mol. The van der Waals surface area contributed by atoms with Gasteiger partial charge < -0.3 is 5.32 Å². The maximum absolute atomic E-state index is 13.6. The molecule has 2 aromatic rings. The molecule has 1 aliphatic rings. The van der Waals surface area contributed by atoms with E-state index in [1.54, 1.807) is 23.5 Å². The van der Waals surface area contributed by atoms with Crippen LogP contribution in [0.25, 0.3) is 0 Å². The van der Waals surface area contributed by atoms with Gasteiger partial charge in [-0.2, -0.15) is 13.2 Å². The van der Waals surface area contributed by atoms with Crippen LogP contribution in [0.3, 0.4) is 0 Å². The first-order chi connectivity index (χ1) is 12.0. The fraction of sp³-hybridized carbons (Fsp3) is 0.474. The lowest BCUT2D eigenvalue weighted by Gasteiger charge is -2.32. The van der Waals surface area contributed by atoms with E-state index in [1.165, 1.54) is 17.0 Å². The molecule has 1 fully saturated rings. The minimum atomic E-state index is -4.34. The number of rotatable bonds is 4. The highest BCUT2D eigenvalue weighted by Crippen LogP contribution is 2.41. The molecule has 0 spiro atoms. The molecule has 1 aromatic carbocycles. The van der Waals surface area contributed by atoms with Crippen molar-refractivity contribution >= 4 is 11.3 Å². The van der Waals surface area contributed by atoms with Crippen LogP contribution in [0.15, 0.2) is 36.4 Å². The summed E-state index contributed by atoms with van der Waals surface area (Å²) in [6.45, 7) is 5.33. The topological polar surface area (TPSA) is 15.3 Å². The van der Waals surface area contributed by atoms with Gasteiger partial charge in [0.1, 0.15) is 0 Å². The summed E-state index contributed by atoms with van der Waals surface area (Å²) in [4.78, 5) is 4.39. The van der Waals surface area contributed by atoms with Gasteiger partial charge in [0, 0.05) is 29.4 Å². The zero-order valence-corrected chi connectivity index (χ0v) is 15.1. The Labute approximate surface area is 150 Å². The van der Waals surface area contributed by atoms with E-state index >= 15 is 0 Å². The molecule has 1 atom stereocenters. The van der Waals surface area contributed by atoms with Crippen LogP contribution in [0.2, 0.25) is 0 Å². The van der Waals surface area contributed by atoms with Gasteiger partial charge in [0.2, 0.25) is 0 Å². The molecule has 2 heterocycles. The van der Waals surface area contributed by atoms with Crippen LogP contribution in [-0.2, 0) is 12.6 Å². The van der Waals surface area contributed by atoms with Gasteiger partial charge in [-0.15, -0.1) is 11.3 Å². The largest absolute Gasteiger partial charge is 0.416 e. The van der Waals surface area contributed by atoms with E-state index in [0.717, 1.165) is 43.9 Å². The first-order valence-corrected chi connectivity index (χ1v) is 9.52. The SMILES string of the molecule is CCc1ccc(C(c2ccccc2C(F)(F)F)N2CCCNCC2)s1. The molecule has 136 valence electrons. The van der Waals surface area contributed by atoms with E-state index < -0.39 is 11.7 Å². The molecule has 0 bridgehead atoms. The Kier molecular flexibility index (Phi) is 5.81. The molecule has 0 radical (unpaired) electrons. The van der Waals surface area contributed by atoms with Crippen LogP contribution in [0.1, 0.15) is 40.3 Å². The van der Waals surface area contributed by atoms with Crippen molar-refractivity contribution in [2.45, 2.75) is 32.0 Å². The Balaban J connectivity index is 2.08. The summed E-state index contributed by atoms with van der Waals surface area (Å²) in [6, 6.07) is 9.72. The third kappa shape index (κ3) is 4.25. The Morgan fingerprint density at radius 2 is 1.92 bits per heavy atom. The Morgan fingerprint density at radius 1 is 1.12 bits per heavy atom. The molecular formula is C19H23F3N2S. The molecule has 1 N–H and O–H groups in total. The molecule has 1 aliphatic heterocycles. The van der Waals surface area contributed by atoms with Gasteiger partial charge in [-0.3, -0.25) is 4.90 Å². The number of nitrogens with one attached hydrogen (secondary N) is 1. The molecule has 0 saturated carbocycles. The first kappa shape index (κ1) is 18.4. The number of hydrogen-bond donors (Lipinski definition) is 1. The quantitative estimate of drug-likeness (QED) is 0.840. The maximum atomic E-state index is 13.6. The predicted molar refractivity (Wildman–Crippen MR) is 96.0 cm³/mol. The van der Waals surface area contributed by atoms with Gasteiger partial charge in [-0.1, -0.05) is 25.1 Å². The van der Waals surface area contributed by atoms with Crippen LogP contribution in [0.5, 0.6) is 0 Å². The summed E-state index contributed by atoms with van der Waals surface area (Å²) in [6.07, 6.45) is -2.50. The van der Waals surface area contributed by atoms with E-state index in [0.29, 0.717) is 5.56 Å². The van der Waals surface area contributed by atoms with Crippen molar-refractivity contribution in [1.29, 1.82) is 0 Å². The van der Waals surface area contributed by atoms with E-state index in [9.17, 15) is 13.2 Å². The Hall–Kier alpha value is -1.37. The van der Waals surface area contributed by atoms with Crippen LogP contribution in [0.4, 0.5) is 13.2 Å². The molecule has 3 rings (SSSR count). The van der Waals surface area contributed by atoms with E-state index in [1.807, 2.05) is 12.1 Å². The number of aryl methyl sites for hydroxylation is 1. The molecule has 6 heteroatoms. The third-order valence-electron chi connectivity index (χ3n) is 4.60. The van der Waals surface area contributed by atoms with Crippen molar-refractivity contribution in [3.63, 3.8) is 0 Å². The predicted octanol–water partition coefficient (Wildman–Crippen LogP) is 4.71. The summed E-state index contributed by atoms with van der Waals surface area (Å²) < 4.78 is 40.8. The van der Waals surface area contributed by atoms with Crippen molar-refractivity contribution in [2.24, 2.45) is 0 Å². The highest BCUT2D eigenvalue weighted by atomic mass is 32.1. The second-order valence-corrected chi connectivity index (χ2v) is 7.48. The zero-order chi connectivity index (χ0) is 17.9.